The minimum Gasteiger partial charge on any atom is -0.496 e. The SMILES string of the molecule is COc1ccccc1-c1nc(CSc2nnc(-c3ccc(F)cc3)n2CC2CCCO2)cs1. The Morgan fingerprint density at radius 3 is 2.82 bits per heavy atom. The molecule has 9 heteroatoms. The molecule has 4 aromatic rings. The highest BCUT2D eigenvalue weighted by Crippen LogP contribution is 2.34. The Balaban J connectivity index is 1.37. The molecule has 0 amide bonds. The quantitative estimate of drug-likeness (QED) is 0.301. The van der Waals surface area contributed by atoms with Crippen LogP contribution in [0.15, 0.2) is 59.1 Å². The summed E-state index contributed by atoms with van der Waals surface area (Å²) in [6.07, 6.45) is 2.21. The van der Waals surface area contributed by atoms with Crippen molar-refractivity contribution in [1.82, 2.24) is 19.7 Å². The van der Waals surface area contributed by atoms with E-state index < -0.39 is 0 Å². The molecule has 3 heterocycles. The number of rotatable bonds is 8. The number of nitrogens with zero attached hydrogens (tertiary/aromatic N) is 4. The zero-order chi connectivity index (χ0) is 22.6. The van der Waals surface area contributed by atoms with Crippen molar-refractivity contribution in [1.29, 1.82) is 0 Å². The van der Waals surface area contributed by atoms with Crippen molar-refractivity contribution in [3.8, 4) is 27.7 Å². The van der Waals surface area contributed by atoms with Gasteiger partial charge < -0.3 is 9.47 Å². The molecule has 1 fully saturated rings. The predicted octanol–water partition coefficient (Wildman–Crippen LogP) is 5.69. The van der Waals surface area contributed by atoms with Crippen molar-refractivity contribution in [2.75, 3.05) is 13.7 Å². The highest BCUT2D eigenvalue weighted by atomic mass is 32.2. The van der Waals surface area contributed by atoms with Crippen LogP contribution in [0.25, 0.3) is 22.0 Å². The van der Waals surface area contributed by atoms with Crippen LogP contribution in [0.5, 0.6) is 5.75 Å². The lowest BCUT2D eigenvalue weighted by Gasteiger charge is -2.14. The predicted molar refractivity (Wildman–Crippen MR) is 128 cm³/mol. The number of hydrogen-bond donors (Lipinski definition) is 0. The van der Waals surface area contributed by atoms with E-state index in [0.29, 0.717) is 12.3 Å². The summed E-state index contributed by atoms with van der Waals surface area (Å²) in [5.74, 6) is 1.93. The van der Waals surface area contributed by atoms with E-state index >= 15 is 0 Å². The molecule has 0 spiro atoms. The molecule has 1 unspecified atom stereocenters. The Morgan fingerprint density at radius 2 is 2.03 bits per heavy atom. The van der Waals surface area contributed by atoms with E-state index in [2.05, 4.69) is 20.1 Å². The van der Waals surface area contributed by atoms with E-state index in [1.165, 1.54) is 12.1 Å². The zero-order valence-corrected chi connectivity index (χ0v) is 19.7. The van der Waals surface area contributed by atoms with Crippen LogP contribution in [-0.4, -0.2) is 39.6 Å². The molecule has 1 atom stereocenters. The summed E-state index contributed by atoms with van der Waals surface area (Å²) in [7, 11) is 1.67. The molecule has 33 heavy (non-hydrogen) atoms. The van der Waals surface area contributed by atoms with Gasteiger partial charge in [-0.05, 0) is 49.2 Å². The van der Waals surface area contributed by atoms with Crippen LogP contribution in [-0.2, 0) is 17.0 Å². The van der Waals surface area contributed by atoms with Crippen molar-refractivity contribution >= 4 is 23.1 Å². The van der Waals surface area contributed by atoms with Gasteiger partial charge in [0.2, 0.25) is 0 Å². The minimum atomic E-state index is -0.270. The van der Waals surface area contributed by atoms with Crippen LogP contribution in [0.3, 0.4) is 0 Å². The fourth-order valence-corrected chi connectivity index (χ4v) is 5.62. The van der Waals surface area contributed by atoms with Crippen LogP contribution >= 0.6 is 23.1 Å². The topological polar surface area (TPSA) is 62.1 Å². The molecule has 0 bridgehead atoms. The Hall–Kier alpha value is -2.75. The molecule has 1 aliphatic heterocycles. The van der Waals surface area contributed by atoms with E-state index in [0.717, 1.165) is 58.0 Å². The average molecular weight is 483 g/mol. The monoisotopic (exact) mass is 482 g/mol. The molecule has 0 saturated carbocycles. The van der Waals surface area contributed by atoms with Crippen LogP contribution in [0.4, 0.5) is 4.39 Å². The van der Waals surface area contributed by atoms with E-state index in [1.54, 1.807) is 42.3 Å². The van der Waals surface area contributed by atoms with Gasteiger partial charge in [-0.25, -0.2) is 9.37 Å². The zero-order valence-electron chi connectivity index (χ0n) is 18.1. The van der Waals surface area contributed by atoms with Crippen molar-refractivity contribution in [2.45, 2.75) is 36.4 Å². The first-order valence-corrected chi connectivity index (χ1v) is 12.6. The average Bonchev–Trinajstić information content (AvgIpc) is 3.60. The third kappa shape index (κ3) is 4.95. The summed E-state index contributed by atoms with van der Waals surface area (Å²) in [6, 6.07) is 14.3. The van der Waals surface area contributed by atoms with Gasteiger partial charge in [0.05, 0.1) is 31.0 Å². The highest BCUT2D eigenvalue weighted by molar-refractivity contribution is 7.98. The van der Waals surface area contributed by atoms with E-state index in [4.69, 9.17) is 14.5 Å². The Labute approximate surface area is 199 Å². The summed E-state index contributed by atoms with van der Waals surface area (Å²) in [5.41, 5.74) is 2.79. The fraction of sp³-hybridized carbons (Fsp3) is 0.292. The summed E-state index contributed by atoms with van der Waals surface area (Å²) in [4.78, 5) is 4.81. The third-order valence-corrected chi connectivity index (χ3v) is 7.39. The van der Waals surface area contributed by atoms with Crippen LogP contribution in [0.2, 0.25) is 0 Å². The number of hydrogen-bond acceptors (Lipinski definition) is 7. The summed E-state index contributed by atoms with van der Waals surface area (Å²) < 4.78 is 26.9. The number of ether oxygens (including phenoxy) is 2. The summed E-state index contributed by atoms with van der Waals surface area (Å²) in [5, 5.41) is 12.7. The van der Waals surface area contributed by atoms with E-state index in [-0.39, 0.29) is 11.9 Å². The third-order valence-electron chi connectivity index (χ3n) is 5.47. The van der Waals surface area contributed by atoms with Crippen molar-refractivity contribution in [3.63, 3.8) is 0 Å². The van der Waals surface area contributed by atoms with Crippen molar-refractivity contribution in [2.24, 2.45) is 0 Å². The first-order chi connectivity index (χ1) is 16.2. The normalized spacial score (nSPS) is 15.8. The Kier molecular flexibility index (Phi) is 6.70. The highest BCUT2D eigenvalue weighted by Gasteiger charge is 2.22. The van der Waals surface area contributed by atoms with Crippen molar-refractivity contribution in [3.05, 3.63) is 65.4 Å². The maximum atomic E-state index is 13.4. The number of methoxy groups -OCH3 is 1. The number of thiazole rings is 1. The molecule has 5 rings (SSSR count). The molecular formula is C24H23FN4O2S2. The molecule has 1 saturated heterocycles. The van der Waals surface area contributed by atoms with Gasteiger partial charge in [-0.3, -0.25) is 4.57 Å². The minimum absolute atomic E-state index is 0.135. The lowest BCUT2D eigenvalue weighted by Crippen LogP contribution is -2.16. The van der Waals surface area contributed by atoms with Gasteiger partial charge in [0.25, 0.3) is 0 Å². The second kappa shape index (κ2) is 10.0. The molecule has 6 nitrogen and oxygen atoms in total. The van der Waals surface area contributed by atoms with E-state index in [1.807, 2.05) is 24.3 Å². The molecular weight excluding hydrogens is 459 g/mol. The molecule has 0 radical (unpaired) electrons. The number of aromatic nitrogens is 4. The van der Waals surface area contributed by atoms with Gasteiger partial charge in [0.15, 0.2) is 11.0 Å². The van der Waals surface area contributed by atoms with E-state index in [9.17, 15) is 4.39 Å². The van der Waals surface area contributed by atoms with Gasteiger partial charge in [-0.15, -0.1) is 21.5 Å². The maximum absolute atomic E-state index is 13.4. The van der Waals surface area contributed by atoms with Crippen LogP contribution in [0, 0.1) is 5.82 Å². The Bertz CT molecular complexity index is 1220. The smallest absolute Gasteiger partial charge is 0.191 e. The van der Waals surface area contributed by atoms with Crippen molar-refractivity contribution < 1.29 is 13.9 Å². The second-order valence-electron chi connectivity index (χ2n) is 7.69. The first kappa shape index (κ1) is 22.1. The second-order valence-corrected chi connectivity index (χ2v) is 9.49. The standard InChI is InChI=1S/C24H23FN4O2S2/c1-30-21-7-3-2-6-20(21)23-26-18(14-32-23)15-33-24-28-27-22(16-8-10-17(25)11-9-16)29(24)13-19-5-4-12-31-19/h2-3,6-11,14,19H,4-5,12-13,15H2,1H3. The van der Waals surface area contributed by atoms with Crippen LogP contribution in [0.1, 0.15) is 18.5 Å². The Morgan fingerprint density at radius 1 is 1.18 bits per heavy atom. The number of thioether (sulfide) groups is 1. The molecule has 1 aliphatic rings. The lowest BCUT2D eigenvalue weighted by molar-refractivity contribution is 0.0953. The summed E-state index contributed by atoms with van der Waals surface area (Å²) >= 11 is 3.19. The summed E-state index contributed by atoms with van der Waals surface area (Å²) in [6.45, 7) is 1.46. The first-order valence-electron chi connectivity index (χ1n) is 10.7. The molecule has 170 valence electrons. The van der Waals surface area contributed by atoms with Gasteiger partial charge in [0.1, 0.15) is 16.6 Å². The largest absolute Gasteiger partial charge is 0.496 e. The lowest BCUT2D eigenvalue weighted by atomic mass is 10.2. The fourth-order valence-electron chi connectivity index (χ4n) is 3.82. The number of para-hydroxylation sites is 1. The molecule has 2 aromatic heterocycles. The maximum Gasteiger partial charge on any atom is 0.191 e. The molecule has 0 aliphatic carbocycles. The number of benzene rings is 2. The van der Waals surface area contributed by atoms with Gasteiger partial charge in [0, 0.05) is 23.3 Å². The molecule has 2 aromatic carbocycles. The van der Waals surface area contributed by atoms with Crippen LogP contribution < -0.4 is 4.74 Å². The van der Waals surface area contributed by atoms with Gasteiger partial charge in [-0.1, -0.05) is 23.9 Å². The molecule has 0 N–H and O–H groups in total. The van der Waals surface area contributed by atoms with Gasteiger partial charge in [-0.2, -0.15) is 0 Å². The van der Waals surface area contributed by atoms with Gasteiger partial charge >= 0.3 is 0 Å². The number of halogens is 1.